The molecule has 2 atom stereocenters. The molecule has 4 heteroatoms. The van der Waals surface area contributed by atoms with E-state index in [9.17, 15) is 15.0 Å². The van der Waals surface area contributed by atoms with Crippen LogP contribution in [0.15, 0.2) is 0 Å². The second-order valence-electron chi connectivity index (χ2n) is 4.74. The average Bonchev–Trinajstić information content (AvgIpc) is 2.29. The highest BCUT2D eigenvalue weighted by Crippen LogP contribution is 2.11. The van der Waals surface area contributed by atoms with Gasteiger partial charge in [-0.25, -0.2) is 0 Å². The van der Waals surface area contributed by atoms with Crippen molar-refractivity contribution in [1.29, 1.82) is 0 Å². The van der Waals surface area contributed by atoms with Gasteiger partial charge in [0.05, 0.1) is 25.2 Å². The number of unbranched alkanes of at least 4 members (excludes halogenated alkanes) is 2. The first-order valence-electron chi connectivity index (χ1n) is 7.11. The Kier molecular flexibility index (Phi) is 11.1. The number of aliphatic hydroxyl groups excluding tert-OH is 2. The minimum atomic E-state index is -0.593. The van der Waals surface area contributed by atoms with Crippen molar-refractivity contribution >= 4 is 5.97 Å². The Hall–Kier alpha value is -0.610. The summed E-state index contributed by atoms with van der Waals surface area (Å²) in [6.07, 6.45) is 5.51. The van der Waals surface area contributed by atoms with Crippen LogP contribution in [0.3, 0.4) is 0 Å². The third-order valence-corrected chi connectivity index (χ3v) is 2.90. The molecule has 0 aromatic carbocycles. The van der Waals surface area contributed by atoms with E-state index in [0.29, 0.717) is 13.0 Å². The molecule has 0 heterocycles. The van der Waals surface area contributed by atoms with Crippen LogP contribution in [0.2, 0.25) is 0 Å². The van der Waals surface area contributed by atoms with Crippen LogP contribution in [0.4, 0.5) is 0 Å². The number of aliphatic hydroxyl groups is 2. The number of ether oxygens (including phenoxy) is 1. The summed E-state index contributed by atoms with van der Waals surface area (Å²) >= 11 is 0. The molecule has 0 aliphatic heterocycles. The molecule has 0 radical (unpaired) electrons. The molecule has 0 aromatic rings. The smallest absolute Gasteiger partial charge is 0.308 e. The lowest BCUT2D eigenvalue weighted by Crippen LogP contribution is -2.15. The molecule has 0 aliphatic rings. The van der Waals surface area contributed by atoms with Crippen molar-refractivity contribution in [1.82, 2.24) is 0 Å². The van der Waals surface area contributed by atoms with Crippen LogP contribution < -0.4 is 0 Å². The molecule has 0 amide bonds. The number of hydrogen-bond acceptors (Lipinski definition) is 4. The maximum Gasteiger partial charge on any atom is 0.308 e. The lowest BCUT2D eigenvalue weighted by molar-refractivity contribution is -0.145. The number of rotatable bonds is 11. The largest absolute Gasteiger partial charge is 0.466 e. The van der Waals surface area contributed by atoms with E-state index in [1.807, 2.05) is 0 Å². The zero-order valence-electron chi connectivity index (χ0n) is 11.7. The topological polar surface area (TPSA) is 66.8 Å². The highest BCUT2D eigenvalue weighted by Gasteiger charge is 2.11. The van der Waals surface area contributed by atoms with Crippen molar-refractivity contribution in [2.75, 3.05) is 6.61 Å². The predicted molar refractivity (Wildman–Crippen MR) is 71.3 cm³/mol. The van der Waals surface area contributed by atoms with Gasteiger partial charge in [-0.15, -0.1) is 0 Å². The second-order valence-corrected chi connectivity index (χ2v) is 4.74. The van der Waals surface area contributed by atoms with Crippen LogP contribution in [0.5, 0.6) is 0 Å². The van der Waals surface area contributed by atoms with Gasteiger partial charge in [0.1, 0.15) is 0 Å². The predicted octanol–water partition coefficient (Wildman–Crippen LogP) is 2.41. The Bertz CT molecular complexity index is 206. The number of carbonyl (C=O) groups is 1. The summed E-state index contributed by atoms with van der Waals surface area (Å²) < 4.78 is 4.77. The normalized spacial score (nSPS) is 14.2. The summed E-state index contributed by atoms with van der Waals surface area (Å²) in [6, 6.07) is 0. The summed E-state index contributed by atoms with van der Waals surface area (Å²) in [4.78, 5) is 11.1. The molecule has 0 aromatic heterocycles. The molecular formula is C14H28O4. The Labute approximate surface area is 110 Å². The van der Waals surface area contributed by atoms with Crippen LogP contribution in [0.25, 0.3) is 0 Å². The van der Waals surface area contributed by atoms with Gasteiger partial charge in [-0.05, 0) is 26.2 Å². The number of esters is 1. The summed E-state index contributed by atoms with van der Waals surface area (Å²) in [6.45, 7) is 4.18. The van der Waals surface area contributed by atoms with Crippen molar-refractivity contribution in [2.24, 2.45) is 0 Å². The lowest BCUT2D eigenvalue weighted by Gasteiger charge is -2.11. The average molecular weight is 260 g/mol. The second kappa shape index (κ2) is 11.5. The Morgan fingerprint density at radius 3 is 2.17 bits per heavy atom. The molecule has 0 bridgehead atoms. The van der Waals surface area contributed by atoms with E-state index in [2.05, 4.69) is 6.92 Å². The zero-order chi connectivity index (χ0) is 13.8. The summed E-state index contributed by atoms with van der Waals surface area (Å²) in [5, 5.41) is 19.1. The van der Waals surface area contributed by atoms with Crippen molar-refractivity contribution in [3.63, 3.8) is 0 Å². The molecule has 0 fully saturated rings. The van der Waals surface area contributed by atoms with Gasteiger partial charge in [-0.2, -0.15) is 0 Å². The SMILES string of the molecule is CCCC(O)CCCCCC(O)CC(=O)OCC. The molecule has 0 saturated heterocycles. The van der Waals surface area contributed by atoms with E-state index in [0.717, 1.165) is 38.5 Å². The van der Waals surface area contributed by atoms with Gasteiger partial charge in [0, 0.05) is 0 Å². The van der Waals surface area contributed by atoms with E-state index in [-0.39, 0.29) is 18.5 Å². The van der Waals surface area contributed by atoms with E-state index < -0.39 is 6.10 Å². The molecule has 4 nitrogen and oxygen atoms in total. The van der Waals surface area contributed by atoms with E-state index in [4.69, 9.17) is 4.74 Å². The van der Waals surface area contributed by atoms with Crippen LogP contribution in [-0.2, 0) is 9.53 Å². The van der Waals surface area contributed by atoms with Crippen molar-refractivity contribution in [3.05, 3.63) is 0 Å². The third-order valence-electron chi connectivity index (χ3n) is 2.90. The maximum absolute atomic E-state index is 11.1. The lowest BCUT2D eigenvalue weighted by atomic mass is 10.0. The highest BCUT2D eigenvalue weighted by atomic mass is 16.5. The standard InChI is InChI=1S/C14H28O4/c1-3-8-12(15)9-6-5-7-10-13(16)11-14(17)18-4-2/h12-13,15-16H,3-11H2,1-2H3. The first-order valence-corrected chi connectivity index (χ1v) is 7.11. The minimum Gasteiger partial charge on any atom is -0.466 e. The van der Waals surface area contributed by atoms with Crippen molar-refractivity contribution < 1.29 is 19.7 Å². The fourth-order valence-corrected chi connectivity index (χ4v) is 1.93. The number of hydrogen-bond donors (Lipinski definition) is 2. The molecular weight excluding hydrogens is 232 g/mol. The molecule has 0 spiro atoms. The Balaban J connectivity index is 3.40. The first-order chi connectivity index (χ1) is 8.60. The fourth-order valence-electron chi connectivity index (χ4n) is 1.93. The van der Waals surface area contributed by atoms with Gasteiger partial charge in [-0.1, -0.05) is 32.6 Å². The summed E-state index contributed by atoms with van der Waals surface area (Å²) in [7, 11) is 0. The summed E-state index contributed by atoms with van der Waals surface area (Å²) in [5.41, 5.74) is 0. The van der Waals surface area contributed by atoms with Gasteiger partial charge in [0.15, 0.2) is 0 Å². The van der Waals surface area contributed by atoms with Gasteiger partial charge in [-0.3, -0.25) is 4.79 Å². The molecule has 18 heavy (non-hydrogen) atoms. The van der Waals surface area contributed by atoms with E-state index in [1.54, 1.807) is 6.92 Å². The Morgan fingerprint density at radius 1 is 1.00 bits per heavy atom. The van der Waals surface area contributed by atoms with Gasteiger partial charge >= 0.3 is 5.97 Å². The maximum atomic E-state index is 11.1. The van der Waals surface area contributed by atoms with Crippen LogP contribution in [0.1, 0.15) is 65.2 Å². The fraction of sp³-hybridized carbons (Fsp3) is 0.929. The molecule has 108 valence electrons. The monoisotopic (exact) mass is 260 g/mol. The number of carbonyl (C=O) groups excluding carboxylic acids is 1. The van der Waals surface area contributed by atoms with Crippen LogP contribution in [-0.4, -0.2) is 35.0 Å². The van der Waals surface area contributed by atoms with Crippen molar-refractivity contribution in [3.8, 4) is 0 Å². The van der Waals surface area contributed by atoms with E-state index >= 15 is 0 Å². The zero-order valence-corrected chi connectivity index (χ0v) is 11.7. The van der Waals surface area contributed by atoms with Crippen LogP contribution >= 0.6 is 0 Å². The molecule has 0 saturated carbocycles. The quantitative estimate of drug-likeness (QED) is 0.442. The van der Waals surface area contributed by atoms with Gasteiger partial charge < -0.3 is 14.9 Å². The van der Waals surface area contributed by atoms with Crippen molar-refractivity contribution in [2.45, 2.75) is 77.4 Å². The highest BCUT2D eigenvalue weighted by molar-refractivity contribution is 5.69. The third kappa shape index (κ3) is 10.5. The van der Waals surface area contributed by atoms with Gasteiger partial charge in [0.25, 0.3) is 0 Å². The van der Waals surface area contributed by atoms with Gasteiger partial charge in [0.2, 0.25) is 0 Å². The minimum absolute atomic E-state index is 0.0896. The van der Waals surface area contributed by atoms with Crippen LogP contribution in [0, 0.1) is 0 Å². The molecule has 2 unspecified atom stereocenters. The van der Waals surface area contributed by atoms with E-state index in [1.165, 1.54) is 0 Å². The Morgan fingerprint density at radius 2 is 1.61 bits per heavy atom. The molecule has 0 aliphatic carbocycles. The molecule has 0 rings (SSSR count). The molecule has 2 N–H and O–H groups in total. The first kappa shape index (κ1) is 17.4. The summed E-state index contributed by atoms with van der Waals surface area (Å²) in [5.74, 6) is -0.330.